The highest BCUT2D eigenvalue weighted by atomic mass is 79.9. The van der Waals surface area contributed by atoms with Crippen LogP contribution in [-0.4, -0.2) is 35.0 Å². The van der Waals surface area contributed by atoms with Crippen LogP contribution in [0.25, 0.3) is 0 Å². The van der Waals surface area contributed by atoms with E-state index in [-0.39, 0.29) is 34.2 Å². The number of benzene rings is 2. The Labute approximate surface area is 272 Å². The van der Waals surface area contributed by atoms with Gasteiger partial charge in [-0.3, -0.25) is 4.79 Å². The van der Waals surface area contributed by atoms with E-state index in [4.69, 9.17) is 16.7 Å². The zero-order chi connectivity index (χ0) is 30.1. The molecule has 2 aliphatic heterocycles. The molecule has 3 aliphatic rings. The van der Waals surface area contributed by atoms with Gasteiger partial charge in [-0.2, -0.15) is 4.58 Å². The van der Waals surface area contributed by atoms with Crippen molar-refractivity contribution in [2.45, 2.75) is 83.5 Å². The molecule has 1 N–H and O–H groups in total. The third-order valence-corrected chi connectivity index (χ3v) is 9.84. The van der Waals surface area contributed by atoms with Crippen LogP contribution in [0.5, 0.6) is 0 Å². The summed E-state index contributed by atoms with van der Waals surface area (Å²) in [7, 11) is 2.15. The molecular weight excluding hydrogens is 620 g/mol. The number of carbonyl (C=O) groups is 1. The fourth-order valence-corrected chi connectivity index (χ4v) is 7.29. The Balaban J connectivity index is 0.00000423. The van der Waals surface area contributed by atoms with E-state index < -0.39 is 5.97 Å². The molecule has 0 spiro atoms. The van der Waals surface area contributed by atoms with E-state index in [2.05, 4.69) is 117 Å². The molecule has 0 fully saturated rings. The quantitative estimate of drug-likeness (QED) is 0.258. The number of hydrogen-bond acceptors (Lipinski definition) is 2. The van der Waals surface area contributed by atoms with Crippen LogP contribution in [0.3, 0.4) is 0 Å². The minimum Gasteiger partial charge on any atom is -1.00 e. The summed E-state index contributed by atoms with van der Waals surface area (Å²) in [6, 6.07) is 17.3. The lowest BCUT2D eigenvalue weighted by molar-refractivity contribution is -0.401. The average Bonchev–Trinajstić information content (AvgIpc) is 3.29. The highest BCUT2D eigenvalue weighted by Crippen LogP contribution is 2.48. The van der Waals surface area contributed by atoms with Crippen LogP contribution in [0.2, 0.25) is 0 Å². The summed E-state index contributed by atoms with van der Waals surface area (Å²) in [5.74, 6) is -0.718. The number of nitrogens with zero attached hydrogens (tertiary/aromatic N) is 2. The number of anilines is 1. The van der Waals surface area contributed by atoms with Gasteiger partial charge in [-0.25, -0.2) is 0 Å². The average molecular weight is 664 g/mol. The molecule has 0 amide bonds. The molecule has 2 heterocycles. The van der Waals surface area contributed by atoms with Crippen molar-refractivity contribution in [2.24, 2.45) is 0 Å². The van der Waals surface area contributed by atoms with Crippen molar-refractivity contribution in [3.05, 3.63) is 106 Å². The molecule has 0 saturated heterocycles. The predicted molar refractivity (Wildman–Crippen MR) is 175 cm³/mol. The standard InChI is InChI=1S/C37H43ClN2O2.BrH/c1-36(2)28-16-8-10-18-30(28)39(5)32(36)23-21-26-14-13-15-27(35(26)38)22-24-33-37(3,4)29-17-9-11-19-31(29)40(33)25-12-6-7-20-34(41)42;/h8-11,16-19,21-24H,6-7,12-15,20,25H2,1-5H3;1H. The van der Waals surface area contributed by atoms with Crippen LogP contribution in [0.1, 0.15) is 83.8 Å². The van der Waals surface area contributed by atoms with Crippen molar-refractivity contribution in [2.75, 3.05) is 18.5 Å². The summed E-state index contributed by atoms with van der Waals surface area (Å²) < 4.78 is 2.31. The van der Waals surface area contributed by atoms with Crippen LogP contribution in [-0.2, 0) is 15.6 Å². The lowest BCUT2D eigenvalue weighted by Crippen LogP contribution is -3.00. The monoisotopic (exact) mass is 662 g/mol. The van der Waals surface area contributed by atoms with E-state index in [9.17, 15) is 4.79 Å². The number of carboxylic acids is 1. The highest BCUT2D eigenvalue weighted by molar-refractivity contribution is 6.32. The van der Waals surface area contributed by atoms with Crippen molar-refractivity contribution in [3.8, 4) is 0 Å². The number of hydrogen-bond donors (Lipinski definition) is 1. The SMILES string of the molecule is C[N+]1=C(C=CC2=C(Cl)C(=CC=C3N(CCCCCC(=O)O)c4ccccc4C3(C)C)CCC2)C(C)(C)c2ccccc21.[Br-]. The molecule has 0 aromatic heterocycles. The van der Waals surface area contributed by atoms with Crippen LogP contribution >= 0.6 is 11.6 Å². The lowest BCUT2D eigenvalue weighted by Gasteiger charge is -2.27. The zero-order valence-electron chi connectivity index (χ0n) is 26.1. The molecule has 5 rings (SSSR count). The van der Waals surface area contributed by atoms with Gasteiger partial charge in [-0.05, 0) is 74.8 Å². The van der Waals surface area contributed by atoms with E-state index in [0.717, 1.165) is 43.7 Å². The van der Waals surface area contributed by atoms with Crippen molar-refractivity contribution in [3.63, 3.8) is 0 Å². The molecule has 1 aliphatic carbocycles. The second kappa shape index (κ2) is 13.4. The van der Waals surface area contributed by atoms with Gasteiger partial charge in [-0.1, -0.05) is 80.4 Å². The normalized spacial score (nSPS) is 20.7. The van der Waals surface area contributed by atoms with Gasteiger partial charge in [0.25, 0.3) is 0 Å². The Morgan fingerprint density at radius 3 is 2.35 bits per heavy atom. The van der Waals surface area contributed by atoms with Gasteiger partial charge in [-0.15, -0.1) is 0 Å². The smallest absolute Gasteiger partial charge is 0.303 e. The zero-order valence-corrected chi connectivity index (χ0v) is 28.4. The minimum absolute atomic E-state index is 0. The summed E-state index contributed by atoms with van der Waals surface area (Å²) >= 11 is 7.10. The van der Waals surface area contributed by atoms with Crippen molar-refractivity contribution in [1.29, 1.82) is 0 Å². The maximum atomic E-state index is 11.0. The van der Waals surface area contributed by atoms with Gasteiger partial charge in [0.05, 0.1) is 5.41 Å². The Morgan fingerprint density at radius 1 is 0.930 bits per heavy atom. The first kappa shape index (κ1) is 33.0. The summed E-state index contributed by atoms with van der Waals surface area (Å²) in [6.07, 6.45) is 14.9. The van der Waals surface area contributed by atoms with Gasteiger partial charge < -0.3 is 27.0 Å². The molecular formula is C37H44BrClN2O2. The van der Waals surface area contributed by atoms with E-state index in [1.807, 2.05) is 0 Å². The molecule has 6 heteroatoms. The molecule has 4 nitrogen and oxygen atoms in total. The molecule has 0 saturated carbocycles. The molecule has 228 valence electrons. The van der Waals surface area contributed by atoms with Crippen LogP contribution in [0, 0.1) is 0 Å². The Kier molecular flexibility index (Phi) is 10.3. The second-order valence-electron chi connectivity index (χ2n) is 12.9. The Bertz CT molecular complexity index is 1540. The van der Waals surface area contributed by atoms with Crippen molar-refractivity contribution in [1.82, 2.24) is 0 Å². The van der Waals surface area contributed by atoms with E-state index in [1.165, 1.54) is 45.1 Å². The van der Waals surface area contributed by atoms with Crippen molar-refractivity contribution >= 4 is 34.7 Å². The summed E-state index contributed by atoms with van der Waals surface area (Å²) in [5.41, 5.74) is 9.95. The minimum atomic E-state index is -0.718. The number of halogens is 2. The number of aliphatic carboxylic acids is 1. The maximum Gasteiger partial charge on any atom is 0.303 e. The van der Waals surface area contributed by atoms with Crippen LogP contribution in [0.15, 0.2) is 94.7 Å². The molecule has 0 bridgehead atoms. The number of allylic oxidation sites excluding steroid dienone is 8. The first-order chi connectivity index (χ1) is 20.0. The van der Waals surface area contributed by atoms with Gasteiger partial charge in [0, 0.05) is 52.5 Å². The van der Waals surface area contributed by atoms with Crippen LogP contribution in [0.4, 0.5) is 11.4 Å². The Hall–Kier alpha value is -2.89. The second-order valence-corrected chi connectivity index (χ2v) is 13.2. The topological polar surface area (TPSA) is 43.5 Å². The largest absolute Gasteiger partial charge is 1.00 e. The molecule has 43 heavy (non-hydrogen) atoms. The fourth-order valence-electron chi connectivity index (χ4n) is 6.97. The van der Waals surface area contributed by atoms with E-state index in [1.54, 1.807) is 0 Å². The number of rotatable bonds is 9. The van der Waals surface area contributed by atoms with Gasteiger partial charge in [0.1, 0.15) is 7.05 Å². The molecule has 0 unspecified atom stereocenters. The number of fused-ring (bicyclic) bond motifs is 2. The molecule has 0 radical (unpaired) electrons. The van der Waals surface area contributed by atoms with E-state index >= 15 is 0 Å². The predicted octanol–water partition coefficient (Wildman–Crippen LogP) is 6.18. The van der Waals surface area contributed by atoms with Crippen molar-refractivity contribution < 1.29 is 31.5 Å². The highest BCUT2D eigenvalue weighted by Gasteiger charge is 2.42. The Morgan fingerprint density at radius 2 is 1.63 bits per heavy atom. The van der Waals surface area contributed by atoms with E-state index in [0.29, 0.717) is 6.42 Å². The van der Waals surface area contributed by atoms with Gasteiger partial charge in [0.15, 0.2) is 5.71 Å². The molecule has 0 atom stereocenters. The summed E-state index contributed by atoms with van der Waals surface area (Å²) in [4.78, 5) is 13.4. The molecule has 2 aromatic carbocycles. The third-order valence-electron chi connectivity index (χ3n) is 9.35. The summed E-state index contributed by atoms with van der Waals surface area (Å²) in [6.45, 7) is 10.0. The first-order valence-electron chi connectivity index (χ1n) is 15.3. The summed E-state index contributed by atoms with van der Waals surface area (Å²) in [5, 5.41) is 9.89. The number of para-hydroxylation sites is 2. The van der Waals surface area contributed by atoms with Gasteiger partial charge >= 0.3 is 5.97 Å². The first-order valence-corrected chi connectivity index (χ1v) is 15.7. The molecule has 2 aromatic rings. The van der Waals surface area contributed by atoms with Crippen LogP contribution < -0.4 is 21.9 Å². The maximum absolute atomic E-state index is 11.0. The third kappa shape index (κ3) is 6.49. The number of unbranched alkanes of at least 4 members (excludes halogenated alkanes) is 2. The number of carboxylic acid groups (broad SMARTS) is 1. The fraction of sp³-hybridized carbons (Fsp3) is 0.405. The lowest BCUT2D eigenvalue weighted by atomic mass is 9.81. The van der Waals surface area contributed by atoms with Gasteiger partial charge in [0.2, 0.25) is 5.69 Å².